The maximum absolute atomic E-state index is 13.5. The molecule has 43 heavy (non-hydrogen) atoms. The molecule has 2 heterocycles. The van der Waals surface area contributed by atoms with E-state index in [-0.39, 0.29) is 46.8 Å². The summed E-state index contributed by atoms with van der Waals surface area (Å²) in [7, 11) is 0. The molecule has 7 nitrogen and oxygen atoms in total. The van der Waals surface area contributed by atoms with Crippen LogP contribution in [0.4, 0.5) is 5.69 Å². The highest BCUT2D eigenvalue weighted by Crippen LogP contribution is 2.53. The van der Waals surface area contributed by atoms with E-state index in [4.69, 9.17) is 32.9 Å². The molecule has 5 unspecified atom stereocenters. The molecule has 2 amide bonds. The molecule has 214 valence electrons. The van der Waals surface area contributed by atoms with Crippen LogP contribution in [-0.4, -0.2) is 34.7 Å². The third kappa shape index (κ3) is 4.64. The highest BCUT2D eigenvalue weighted by Gasteiger charge is 2.59. The van der Waals surface area contributed by atoms with Crippen LogP contribution in [0.5, 0.6) is 0 Å². The zero-order valence-corrected chi connectivity index (χ0v) is 24.4. The monoisotopic (exact) mass is 610 g/mol. The first-order chi connectivity index (χ1) is 20.7. The third-order valence-corrected chi connectivity index (χ3v) is 9.15. The Morgan fingerprint density at radius 2 is 1.49 bits per heavy atom. The van der Waals surface area contributed by atoms with Crippen LogP contribution in [0.1, 0.15) is 34.1 Å². The van der Waals surface area contributed by atoms with E-state index in [1.807, 2.05) is 0 Å². The van der Waals surface area contributed by atoms with Crippen LogP contribution < -0.4 is 4.90 Å². The lowest BCUT2D eigenvalue weighted by Gasteiger charge is -2.18. The van der Waals surface area contributed by atoms with E-state index in [2.05, 4.69) is 12.2 Å². The number of ether oxygens (including phenoxy) is 1. The van der Waals surface area contributed by atoms with Crippen molar-refractivity contribution in [3.63, 3.8) is 0 Å². The second-order valence-corrected chi connectivity index (χ2v) is 12.1. The van der Waals surface area contributed by atoms with Gasteiger partial charge < -0.3 is 4.74 Å². The van der Waals surface area contributed by atoms with Crippen LogP contribution >= 0.6 is 23.2 Å². The molecule has 3 aromatic carbocycles. The molecule has 1 aliphatic heterocycles. The number of benzene rings is 3. The summed E-state index contributed by atoms with van der Waals surface area (Å²) in [5.74, 6) is -1.65. The van der Waals surface area contributed by atoms with Crippen LogP contribution in [0.3, 0.4) is 0 Å². The highest BCUT2D eigenvalue weighted by atomic mass is 35.5. The van der Waals surface area contributed by atoms with Gasteiger partial charge in [0.2, 0.25) is 17.6 Å². The largest absolute Gasteiger partial charge is 0.451 e. The lowest BCUT2D eigenvalue weighted by molar-refractivity contribution is -0.123. The Morgan fingerprint density at radius 1 is 0.860 bits per heavy atom. The molecule has 4 aromatic rings. The van der Waals surface area contributed by atoms with Crippen molar-refractivity contribution < 1.29 is 23.9 Å². The summed E-state index contributed by atoms with van der Waals surface area (Å²) >= 11 is 12.2. The average Bonchev–Trinajstić information content (AvgIpc) is 3.70. The van der Waals surface area contributed by atoms with E-state index < -0.39 is 12.1 Å². The number of fused-ring (bicyclic) bond motifs is 6. The Bertz CT molecular complexity index is 1840. The number of hydrogen-bond acceptors (Lipinski definition) is 6. The van der Waals surface area contributed by atoms with Gasteiger partial charge in [-0.15, -0.1) is 0 Å². The summed E-state index contributed by atoms with van der Waals surface area (Å²) in [6.45, 7) is 1.52. The number of hydrogen-bond donors (Lipinski definition) is 0. The molecule has 7 rings (SSSR count). The minimum Gasteiger partial charge on any atom is -0.451 e. The van der Waals surface area contributed by atoms with E-state index in [0.29, 0.717) is 43.5 Å². The molecule has 0 N–H and O–H groups in total. The van der Waals surface area contributed by atoms with Gasteiger partial charge in [0, 0.05) is 26.6 Å². The number of anilines is 1. The topological polar surface area (TPSA) is 93.6 Å². The maximum atomic E-state index is 13.5. The summed E-state index contributed by atoms with van der Waals surface area (Å²) < 4.78 is 5.61. The van der Waals surface area contributed by atoms with Crippen LogP contribution in [0.25, 0.3) is 22.2 Å². The van der Waals surface area contributed by atoms with Gasteiger partial charge in [-0.3, -0.25) is 19.3 Å². The van der Waals surface area contributed by atoms with E-state index in [1.54, 1.807) is 72.8 Å². The first-order valence-corrected chi connectivity index (χ1v) is 14.7. The van der Waals surface area contributed by atoms with Crippen LogP contribution in [0, 0.1) is 23.7 Å². The van der Waals surface area contributed by atoms with E-state index in [9.17, 15) is 19.2 Å². The molecule has 3 aliphatic rings. The number of carbonyl (C=O) groups is 4. The van der Waals surface area contributed by atoms with Crippen molar-refractivity contribution in [2.75, 3.05) is 4.90 Å². The van der Waals surface area contributed by atoms with Gasteiger partial charge in [0.25, 0.3) is 0 Å². The molecular weight excluding hydrogens is 587 g/mol. The fourth-order valence-electron chi connectivity index (χ4n) is 6.58. The Morgan fingerprint density at radius 3 is 2.14 bits per heavy atom. The second-order valence-electron chi connectivity index (χ2n) is 11.2. The zero-order chi connectivity index (χ0) is 30.0. The SMILES string of the molecule is CC(OC(=O)c1cc(-c2ccc(N3C(=O)C4C5C=CC(C5)C4C3=O)cc2)nc2ccc(Cl)cc12)C(=O)c1ccc(Cl)cc1. The Balaban J connectivity index is 1.18. The molecular formula is C34H24Cl2N2O5. The number of esters is 1. The minimum atomic E-state index is -1.06. The standard InChI is InChI=1S/C34H24Cl2N2O5/c1-17(31(39)19-4-8-22(35)9-5-19)43-34(42)26-16-28(37-27-13-10-23(36)15-25(26)27)18-6-11-24(12-7-18)38-32(40)29-20-2-3-21(14-20)30(29)33(38)41/h2-13,15-17,20-21,29-30H,14H2,1H3. The summed E-state index contributed by atoms with van der Waals surface area (Å²) in [5, 5.41) is 1.39. The third-order valence-electron chi connectivity index (χ3n) is 8.66. The Labute approximate surface area is 257 Å². The molecule has 9 heteroatoms. The first kappa shape index (κ1) is 27.5. The van der Waals surface area contributed by atoms with Crippen molar-refractivity contribution in [1.82, 2.24) is 4.98 Å². The Hall–Kier alpha value is -4.33. The van der Waals surface area contributed by atoms with Gasteiger partial charge in [-0.1, -0.05) is 47.5 Å². The maximum Gasteiger partial charge on any atom is 0.339 e. The number of imide groups is 1. The number of aromatic nitrogens is 1. The van der Waals surface area contributed by atoms with Gasteiger partial charge >= 0.3 is 5.97 Å². The lowest BCUT2D eigenvalue weighted by atomic mass is 9.85. The summed E-state index contributed by atoms with van der Waals surface area (Å²) in [5.41, 5.74) is 2.73. The van der Waals surface area contributed by atoms with Crippen LogP contribution in [0.2, 0.25) is 10.0 Å². The van der Waals surface area contributed by atoms with Gasteiger partial charge in [-0.2, -0.15) is 0 Å². The van der Waals surface area contributed by atoms with Crippen molar-refractivity contribution in [3.8, 4) is 11.3 Å². The van der Waals surface area contributed by atoms with Crippen molar-refractivity contribution in [1.29, 1.82) is 0 Å². The van der Waals surface area contributed by atoms with Crippen LogP contribution in [0.15, 0.2) is 84.9 Å². The van der Waals surface area contributed by atoms with Gasteiger partial charge in [-0.05, 0) is 85.8 Å². The number of nitrogens with zero attached hydrogens (tertiary/aromatic N) is 2. The number of allylic oxidation sites excluding steroid dienone is 2. The quantitative estimate of drug-likeness (QED) is 0.101. The predicted octanol–water partition coefficient (Wildman–Crippen LogP) is 6.95. The fraction of sp³-hybridized carbons (Fsp3) is 0.206. The number of Topliss-reactive ketones (excluding diaryl/α,β-unsaturated/α-hetero) is 1. The van der Waals surface area contributed by atoms with E-state index in [1.165, 1.54) is 11.8 Å². The van der Waals surface area contributed by atoms with Crippen molar-refractivity contribution in [2.45, 2.75) is 19.4 Å². The molecule has 1 aromatic heterocycles. The first-order valence-electron chi connectivity index (χ1n) is 14.0. The van der Waals surface area contributed by atoms with Gasteiger partial charge in [0.15, 0.2) is 6.10 Å². The average molecular weight is 611 g/mol. The Kier molecular flexibility index (Phi) is 6.67. The number of halogens is 2. The molecule has 0 spiro atoms. The number of amides is 2. The number of ketones is 1. The summed E-state index contributed by atoms with van der Waals surface area (Å²) in [4.78, 5) is 58.9. The smallest absolute Gasteiger partial charge is 0.339 e. The molecule has 2 aliphatic carbocycles. The number of pyridine rings is 1. The molecule has 2 fully saturated rings. The zero-order valence-electron chi connectivity index (χ0n) is 22.9. The van der Waals surface area contributed by atoms with Gasteiger partial charge in [0.1, 0.15) is 0 Å². The molecule has 2 bridgehead atoms. The molecule has 1 saturated carbocycles. The fourth-order valence-corrected chi connectivity index (χ4v) is 6.88. The van der Waals surface area contributed by atoms with Gasteiger partial charge in [0.05, 0.1) is 34.3 Å². The van der Waals surface area contributed by atoms with E-state index >= 15 is 0 Å². The van der Waals surface area contributed by atoms with Crippen molar-refractivity contribution >= 4 is 63.4 Å². The predicted molar refractivity (Wildman–Crippen MR) is 163 cm³/mol. The molecule has 1 saturated heterocycles. The highest BCUT2D eigenvalue weighted by molar-refractivity contribution is 6.31. The second kappa shape index (κ2) is 10.4. The minimum absolute atomic E-state index is 0.133. The summed E-state index contributed by atoms with van der Waals surface area (Å²) in [6, 6.07) is 19.9. The van der Waals surface area contributed by atoms with Gasteiger partial charge in [-0.25, -0.2) is 9.78 Å². The van der Waals surface area contributed by atoms with Crippen LogP contribution in [-0.2, 0) is 14.3 Å². The number of carbonyl (C=O) groups excluding carboxylic acids is 4. The molecule has 0 radical (unpaired) electrons. The normalized spacial score (nSPS) is 22.7. The summed E-state index contributed by atoms with van der Waals surface area (Å²) in [6.07, 6.45) is 3.95. The lowest BCUT2D eigenvalue weighted by Crippen LogP contribution is -2.32. The van der Waals surface area contributed by atoms with Crippen molar-refractivity contribution in [2.24, 2.45) is 23.7 Å². The number of rotatable bonds is 6. The molecule has 5 atom stereocenters. The van der Waals surface area contributed by atoms with E-state index in [0.717, 1.165) is 6.42 Å². The van der Waals surface area contributed by atoms with Crippen molar-refractivity contribution in [3.05, 3.63) is 106 Å².